The van der Waals surface area contributed by atoms with Crippen LogP contribution in [0.3, 0.4) is 0 Å². The lowest BCUT2D eigenvalue weighted by Crippen LogP contribution is -2.42. The highest BCUT2D eigenvalue weighted by molar-refractivity contribution is 8.76. The second-order valence-electron chi connectivity index (χ2n) is 12.5. The first-order chi connectivity index (χ1) is 22.2. The van der Waals surface area contributed by atoms with Gasteiger partial charge >= 0.3 is 6.03 Å². The Bertz CT molecular complexity index is 962. The summed E-state index contributed by atoms with van der Waals surface area (Å²) in [7, 11) is 3.67. The van der Waals surface area contributed by atoms with Gasteiger partial charge in [-0.2, -0.15) is 9.37 Å². The number of unbranched alkanes of at least 4 members (excludes halogenated alkanes) is 9. The Labute approximate surface area is 285 Å². The first-order valence-corrected chi connectivity index (χ1v) is 19.9. The van der Waals surface area contributed by atoms with Crippen LogP contribution < -0.4 is 11.1 Å². The van der Waals surface area contributed by atoms with E-state index in [4.69, 9.17) is 24.7 Å². The summed E-state index contributed by atoms with van der Waals surface area (Å²) in [4.78, 5) is 28.6. The number of nitrogens with two attached hydrogens (primary N) is 1. The van der Waals surface area contributed by atoms with Crippen molar-refractivity contribution in [3.8, 4) is 0 Å². The highest BCUT2D eigenvalue weighted by Crippen LogP contribution is 2.28. The zero-order chi connectivity index (χ0) is 33.6. The van der Waals surface area contributed by atoms with E-state index in [2.05, 4.69) is 17.2 Å². The van der Waals surface area contributed by atoms with Crippen LogP contribution in [-0.2, 0) is 23.7 Å². The van der Waals surface area contributed by atoms with Crippen molar-refractivity contribution < 1.29 is 33.1 Å². The van der Waals surface area contributed by atoms with Gasteiger partial charge in [-0.15, -0.1) is 0 Å². The van der Waals surface area contributed by atoms with Crippen molar-refractivity contribution in [2.75, 3.05) is 31.3 Å². The molecular weight excluding hydrogens is 625 g/mol. The molecule has 1 saturated heterocycles. The zero-order valence-corrected chi connectivity index (χ0v) is 30.6. The fourth-order valence-corrected chi connectivity index (χ4v) is 7.31. The average Bonchev–Trinajstić information content (AvgIpc) is 3.32. The summed E-state index contributed by atoms with van der Waals surface area (Å²) in [5, 5.41) is 3.01. The molecule has 2 aliphatic heterocycles. The average molecular weight is 686 g/mol. The van der Waals surface area contributed by atoms with Crippen molar-refractivity contribution in [2.24, 2.45) is 10.7 Å². The molecule has 2 rings (SSSR count). The molecule has 0 spiro atoms. The molecule has 264 valence electrons. The largest absolute Gasteiger partial charge is 0.546 e. The molecule has 0 aromatic carbocycles. The van der Waals surface area contributed by atoms with Gasteiger partial charge in [0.2, 0.25) is 11.7 Å². The Kier molecular flexibility index (Phi) is 21.8. The number of carbonyl (C=O) groups is 2. The van der Waals surface area contributed by atoms with Crippen LogP contribution in [0.4, 0.5) is 4.79 Å². The van der Waals surface area contributed by atoms with E-state index in [0.29, 0.717) is 32.6 Å². The summed E-state index contributed by atoms with van der Waals surface area (Å²) in [6.45, 7) is 11.4. The van der Waals surface area contributed by atoms with Crippen LogP contribution >= 0.6 is 21.6 Å². The summed E-state index contributed by atoms with van der Waals surface area (Å²) in [5.74, 6) is 2.18. The topological polar surface area (TPSA) is 124 Å². The van der Waals surface area contributed by atoms with E-state index in [1.807, 2.05) is 38.5 Å². The standard InChI is InChI=1S/C34H60N4O6S2/c1-6-7-8-9-10-11-12-13-14-15-22-45-46-23-18-31(39)36-19-16-21-41-32-28(24-38-20-17-30(35)37-34(38)40)44-29(25-42-26(2)3)33(32)43-27(4)5/h17,20,24,26-29,32-33H,6-16,18-19,21-23,25H2,1-5H3,(H2-,35,36,37,39,40)/p+1/b38-24+/t28?,29-,32+,33-/m1/s1. The zero-order valence-electron chi connectivity index (χ0n) is 29.0. The fourth-order valence-electron chi connectivity index (χ4n) is 5.17. The van der Waals surface area contributed by atoms with Gasteiger partial charge in [0.05, 0.1) is 18.8 Å². The van der Waals surface area contributed by atoms with Gasteiger partial charge in [-0.05, 0) is 40.5 Å². The monoisotopic (exact) mass is 685 g/mol. The van der Waals surface area contributed by atoms with Gasteiger partial charge in [-0.25, -0.2) is 0 Å². The van der Waals surface area contributed by atoms with Crippen molar-refractivity contribution in [3.05, 3.63) is 12.3 Å². The third-order valence-electron chi connectivity index (χ3n) is 7.56. The van der Waals surface area contributed by atoms with E-state index in [9.17, 15) is 9.59 Å². The lowest BCUT2D eigenvalue weighted by atomic mass is 10.1. The molecule has 1 unspecified atom stereocenters. The highest BCUT2D eigenvalue weighted by Gasteiger charge is 2.47. The predicted molar refractivity (Wildman–Crippen MR) is 191 cm³/mol. The second kappa shape index (κ2) is 24.7. The number of amides is 3. The summed E-state index contributed by atoms with van der Waals surface area (Å²) < 4.78 is 26.1. The molecule has 3 amide bonds. The van der Waals surface area contributed by atoms with E-state index in [-0.39, 0.29) is 30.1 Å². The maximum atomic E-state index is 12.4. The number of carbonyl (C=O) groups excluding carboxylic acids is 2. The van der Waals surface area contributed by atoms with Crippen LogP contribution in [0.2, 0.25) is 0 Å². The van der Waals surface area contributed by atoms with Gasteiger partial charge in [0, 0.05) is 42.1 Å². The number of hydrogen-bond donors (Lipinski definition) is 2. The number of ether oxygens (including phenoxy) is 4. The van der Waals surface area contributed by atoms with E-state index < -0.39 is 24.3 Å². The van der Waals surface area contributed by atoms with Crippen LogP contribution in [0.15, 0.2) is 17.3 Å². The van der Waals surface area contributed by atoms with Crippen LogP contribution in [-0.4, -0.2) is 96.5 Å². The van der Waals surface area contributed by atoms with Gasteiger partial charge in [0.1, 0.15) is 36.8 Å². The molecule has 2 aliphatic rings. The minimum absolute atomic E-state index is 0.0276. The van der Waals surface area contributed by atoms with Gasteiger partial charge in [-0.3, -0.25) is 4.79 Å². The number of aliphatic imine (C=N–C) groups is 1. The fraction of sp³-hybridized carbons (Fsp3) is 0.824. The number of hydrogen-bond acceptors (Lipinski definition) is 9. The maximum absolute atomic E-state index is 12.4. The minimum Gasteiger partial charge on any atom is -0.376 e. The van der Waals surface area contributed by atoms with Gasteiger partial charge < -0.3 is 30.0 Å². The number of rotatable bonds is 26. The third kappa shape index (κ3) is 17.6. The molecule has 0 bridgehead atoms. The second-order valence-corrected chi connectivity index (χ2v) is 15.2. The maximum Gasteiger partial charge on any atom is 0.546 e. The van der Waals surface area contributed by atoms with Gasteiger partial charge in [0.15, 0.2) is 0 Å². The van der Waals surface area contributed by atoms with Crippen LogP contribution in [0.5, 0.6) is 0 Å². The molecule has 1 fully saturated rings. The first kappa shape index (κ1) is 40.7. The number of amidine groups is 1. The van der Waals surface area contributed by atoms with E-state index in [0.717, 1.165) is 11.5 Å². The summed E-state index contributed by atoms with van der Waals surface area (Å²) >= 11 is 0. The van der Waals surface area contributed by atoms with Crippen LogP contribution in [0, 0.1) is 0 Å². The molecule has 12 heteroatoms. The van der Waals surface area contributed by atoms with Crippen molar-refractivity contribution in [1.29, 1.82) is 0 Å². The molecule has 0 aliphatic carbocycles. The highest BCUT2D eigenvalue weighted by atomic mass is 33.1. The van der Waals surface area contributed by atoms with E-state index in [1.54, 1.807) is 29.3 Å². The third-order valence-corrected chi connectivity index (χ3v) is 10.1. The molecule has 10 nitrogen and oxygen atoms in total. The van der Waals surface area contributed by atoms with Crippen molar-refractivity contribution in [1.82, 2.24) is 5.32 Å². The molecule has 4 atom stereocenters. The quantitative estimate of drug-likeness (QED) is 0.0586. The molecule has 2 heterocycles. The van der Waals surface area contributed by atoms with E-state index in [1.165, 1.54) is 68.8 Å². The van der Waals surface area contributed by atoms with Crippen molar-refractivity contribution in [2.45, 2.75) is 148 Å². The minimum atomic E-state index is -0.572. The van der Waals surface area contributed by atoms with Gasteiger partial charge in [-0.1, -0.05) is 86.3 Å². The van der Waals surface area contributed by atoms with Crippen LogP contribution in [0.1, 0.15) is 112 Å². The summed E-state index contributed by atoms with van der Waals surface area (Å²) in [6, 6.07) is -0.497. The lowest BCUT2D eigenvalue weighted by Gasteiger charge is -2.26. The molecule has 46 heavy (non-hydrogen) atoms. The van der Waals surface area contributed by atoms with Gasteiger partial charge in [0.25, 0.3) is 0 Å². The predicted octanol–water partition coefficient (Wildman–Crippen LogP) is 6.64. The molecular formula is C34H61N4O6S2+. The Morgan fingerprint density at radius 1 is 1.00 bits per heavy atom. The Hall–Kier alpha value is -1.44. The first-order valence-electron chi connectivity index (χ1n) is 17.5. The summed E-state index contributed by atoms with van der Waals surface area (Å²) in [5.41, 5.74) is 5.66. The normalized spacial score (nSPS) is 22.4. The molecule has 0 aromatic heterocycles. The Morgan fingerprint density at radius 2 is 1.67 bits per heavy atom. The molecule has 0 saturated carbocycles. The molecule has 0 aromatic rings. The number of nitrogens with zero attached hydrogens (tertiary/aromatic N) is 2. The van der Waals surface area contributed by atoms with Crippen molar-refractivity contribution in [3.63, 3.8) is 0 Å². The smallest absolute Gasteiger partial charge is 0.376 e. The van der Waals surface area contributed by atoms with Crippen LogP contribution in [0.25, 0.3) is 0 Å². The molecule has 0 radical (unpaired) electrons. The van der Waals surface area contributed by atoms with Crippen molar-refractivity contribution >= 4 is 45.6 Å². The summed E-state index contributed by atoms with van der Waals surface area (Å²) in [6.07, 6.45) is 17.6. The molecule has 3 N–H and O–H groups in total. The Balaban J connectivity index is 1.68. The number of nitrogens with one attached hydrogen (secondary N) is 1. The lowest BCUT2D eigenvalue weighted by molar-refractivity contribution is -0.347. The SMILES string of the molecule is CCCCCCCCCCCCSSCCC(=O)NCCCO[C@H]1C(/C=[N+]2\C=CC(N)=NC2=O)O[C@H](COC(C)C)[C@H]1OC(C)C. The Morgan fingerprint density at radius 3 is 2.33 bits per heavy atom. The number of urea groups is 1. The van der Waals surface area contributed by atoms with E-state index >= 15 is 0 Å².